The second-order valence-corrected chi connectivity index (χ2v) is 3.82. The van der Waals surface area contributed by atoms with Crippen molar-refractivity contribution in [1.29, 1.82) is 0 Å². The minimum atomic E-state index is -0.560. The van der Waals surface area contributed by atoms with E-state index in [9.17, 15) is 4.79 Å². The SMILES string of the molecule is Cl.Cl.NC(=O)c1ncccc1OCC1CCCN1. The van der Waals surface area contributed by atoms with Crippen molar-refractivity contribution in [1.82, 2.24) is 10.3 Å². The van der Waals surface area contributed by atoms with E-state index in [1.54, 1.807) is 12.1 Å². The maximum absolute atomic E-state index is 11.1. The molecule has 1 aliphatic rings. The molecule has 1 unspecified atom stereocenters. The zero-order valence-electron chi connectivity index (χ0n) is 9.80. The molecule has 5 nitrogen and oxygen atoms in total. The molecule has 0 radical (unpaired) electrons. The fourth-order valence-corrected chi connectivity index (χ4v) is 1.78. The van der Waals surface area contributed by atoms with Crippen LogP contribution in [0.5, 0.6) is 5.75 Å². The highest BCUT2D eigenvalue weighted by molar-refractivity contribution is 5.93. The maximum Gasteiger partial charge on any atom is 0.271 e. The van der Waals surface area contributed by atoms with Gasteiger partial charge in [0.05, 0.1) is 0 Å². The Balaban J connectivity index is 0.00000144. The summed E-state index contributed by atoms with van der Waals surface area (Å²) >= 11 is 0. The lowest BCUT2D eigenvalue weighted by atomic mass is 10.2. The van der Waals surface area contributed by atoms with E-state index in [0.29, 0.717) is 18.4 Å². The Labute approximate surface area is 118 Å². The normalized spacial score (nSPS) is 17.4. The van der Waals surface area contributed by atoms with Gasteiger partial charge >= 0.3 is 0 Å². The summed E-state index contributed by atoms with van der Waals surface area (Å²) < 4.78 is 5.56. The lowest BCUT2D eigenvalue weighted by molar-refractivity contribution is 0.0990. The highest BCUT2D eigenvalue weighted by atomic mass is 35.5. The largest absolute Gasteiger partial charge is 0.489 e. The van der Waals surface area contributed by atoms with E-state index >= 15 is 0 Å². The van der Waals surface area contributed by atoms with Crippen LogP contribution in [0.2, 0.25) is 0 Å². The number of carbonyl (C=O) groups excluding carboxylic acids is 1. The Morgan fingerprint density at radius 1 is 1.56 bits per heavy atom. The third kappa shape index (κ3) is 4.33. The molecule has 0 saturated carbocycles. The molecule has 7 heteroatoms. The number of rotatable bonds is 4. The molecule has 3 N–H and O–H groups in total. The Morgan fingerprint density at radius 3 is 2.94 bits per heavy atom. The molecule has 1 aliphatic heterocycles. The number of halogens is 2. The average molecular weight is 294 g/mol. The topological polar surface area (TPSA) is 77.2 Å². The minimum absolute atomic E-state index is 0. The van der Waals surface area contributed by atoms with Crippen LogP contribution in [0.1, 0.15) is 23.3 Å². The molecule has 1 fully saturated rings. The predicted molar refractivity (Wildman–Crippen MR) is 73.8 cm³/mol. The number of carbonyl (C=O) groups is 1. The molecule has 18 heavy (non-hydrogen) atoms. The summed E-state index contributed by atoms with van der Waals surface area (Å²) in [7, 11) is 0. The minimum Gasteiger partial charge on any atom is -0.489 e. The van der Waals surface area contributed by atoms with Gasteiger partial charge in [-0.1, -0.05) is 0 Å². The molecule has 1 amide bonds. The van der Waals surface area contributed by atoms with Crippen LogP contribution in [-0.4, -0.2) is 30.1 Å². The van der Waals surface area contributed by atoms with Crippen molar-refractivity contribution >= 4 is 30.7 Å². The molecule has 1 aromatic heterocycles. The molecule has 1 saturated heterocycles. The van der Waals surface area contributed by atoms with E-state index < -0.39 is 5.91 Å². The number of amides is 1. The highest BCUT2D eigenvalue weighted by Crippen LogP contribution is 2.16. The lowest BCUT2D eigenvalue weighted by Crippen LogP contribution is -2.28. The van der Waals surface area contributed by atoms with Crippen LogP contribution in [0.15, 0.2) is 18.3 Å². The number of aromatic nitrogens is 1. The van der Waals surface area contributed by atoms with Gasteiger partial charge in [-0.25, -0.2) is 4.98 Å². The van der Waals surface area contributed by atoms with Crippen molar-refractivity contribution in [2.75, 3.05) is 13.2 Å². The van der Waals surface area contributed by atoms with Gasteiger partial charge in [0, 0.05) is 12.2 Å². The number of nitrogens with zero attached hydrogens (tertiary/aromatic N) is 1. The fraction of sp³-hybridized carbons (Fsp3) is 0.455. The number of ether oxygens (including phenoxy) is 1. The molecule has 1 atom stereocenters. The van der Waals surface area contributed by atoms with Gasteiger partial charge in [0.2, 0.25) is 0 Å². The number of hydrogen-bond acceptors (Lipinski definition) is 4. The van der Waals surface area contributed by atoms with Gasteiger partial charge in [-0.05, 0) is 31.5 Å². The van der Waals surface area contributed by atoms with Gasteiger partial charge in [-0.2, -0.15) is 0 Å². The summed E-state index contributed by atoms with van der Waals surface area (Å²) in [5.74, 6) is -0.0984. The van der Waals surface area contributed by atoms with Crippen molar-refractivity contribution in [3.8, 4) is 5.75 Å². The Morgan fingerprint density at radius 2 is 2.33 bits per heavy atom. The second-order valence-electron chi connectivity index (χ2n) is 3.82. The number of hydrogen-bond donors (Lipinski definition) is 2. The van der Waals surface area contributed by atoms with Gasteiger partial charge in [-0.15, -0.1) is 24.8 Å². The highest BCUT2D eigenvalue weighted by Gasteiger charge is 2.16. The van der Waals surface area contributed by atoms with Gasteiger partial charge in [0.15, 0.2) is 11.4 Å². The van der Waals surface area contributed by atoms with E-state index in [2.05, 4.69) is 10.3 Å². The summed E-state index contributed by atoms with van der Waals surface area (Å²) in [5.41, 5.74) is 5.40. The lowest BCUT2D eigenvalue weighted by Gasteiger charge is -2.13. The van der Waals surface area contributed by atoms with Crippen LogP contribution in [0.25, 0.3) is 0 Å². The van der Waals surface area contributed by atoms with E-state index in [1.807, 2.05) is 0 Å². The second kappa shape index (κ2) is 8.13. The van der Waals surface area contributed by atoms with Crippen molar-refractivity contribution in [3.05, 3.63) is 24.0 Å². The maximum atomic E-state index is 11.1. The standard InChI is InChI=1S/C11H15N3O2.2ClH/c12-11(15)10-9(4-2-6-14-10)16-7-8-3-1-5-13-8;;/h2,4,6,8,13H,1,3,5,7H2,(H2,12,15);2*1H. The Hall–Kier alpha value is -1.04. The summed E-state index contributed by atoms with van der Waals surface area (Å²) in [6, 6.07) is 3.80. The zero-order chi connectivity index (χ0) is 11.4. The van der Waals surface area contributed by atoms with Crippen LogP contribution in [-0.2, 0) is 0 Å². The first-order valence-electron chi connectivity index (χ1n) is 5.38. The molecule has 2 rings (SSSR count). The van der Waals surface area contributed by atoms with E-state index in [1.165, 1.54) is 12.6 Å². The van der Waals surface area contributed by atoms with Crippen LogP contribution < -0.4 is 15.8 Å². The summed E-state index contributed by atoms with van der Waals surface area (Å²) in [4.78, 5) is 15.0. The number of nitrogens with one attached hydrogen (secondary N) is 1. The fourth-order valence-electron chi connectivity index (χ4n) is 1.78. The molecule has 102 valence electrons. The first-order chi connectivity index (χ1) is 7.77. The van der Waals surface area contributed by atoms with Crippen molar-refractivity contribution in [2.24, 2.45) is 5.73 Å². The summed E-state index contributed by atoms with van der Waals surface area (Å²) in [6.07, 6.45) is 3.80. The third-order valence-electron chi connectivity index (χ3n) is 2.61. The first-order valence-corrected chi connectivity index (χ1v) is 5.38. The molecule has 0 aliphatic carbocycles. The zero-order valence-corrected chi connectivity index (χ0v) is 11.4. The van der Waals surface area contributed by atoms with E-state index in [0.717, 1.165) is 13.0 Å². The number of primary amides is 1. The molecule has 1 aromatic rings. The molecule has 0 spiro atoms. The summed E-state index contributed by atoms with van der Waals surface area (Å²) in [6.45, 7) is 1.58. The molecular weight excluding hydrogens is 277 g/mol. The van der Waals surface area contributed by atoms with Crippen LogP contribution in [0, 0.1) is 0 Å². The van der Waals surface area contributed by atoms with Gasteiger partial charge in [-0.3, -0.25) is 4.79 Å². The van der Waals surface area contributed by atoms with E-state index in [4.69, 9.17) is 10.5 Å². The Bertz CT molecular complexity index is 384. The number of nitrogens with two attached hydrogens (primary N) is 1. The van der Waals surface area contributed by atoms with Crippen molar-refractivity contribution in [2.45, 2.75) is 18.9 Å². The summed E-state index contributed by atoms with van der Waals surface area (Å²) in [5, 5.41) is 3.31. The monoisotopic (exact) mass is 293 g/mol. The molecular formula is C11H17Cl2N3O2. The van der Waals surface area contributed by atoms with Crippen LogP contribution in [0.3, 0.4) is 0 Å². The van der Waals surface area contributed by atoms with Crippen molar-refractivity contribution < 1.29 is 9.53 Å². The first kappa shape index (κ1) is 17.0. The van der Waals surface area contributed by atoms with Gasteiger partial charge in [0.25, 0.3) is 5.91 Å². The molecule has 2 heterocycles. The van der Waals surface area contributed by atoms with Crippen molar-refractivity contribution in [3.63, 3.8) is 0 Å². The number of pyridine rings is 1. The third-order valence-corrected chi connectivity index (χ3v) is 2.61. The quantitative estimate of drug-likeness (QED) is 0.873. The van der Waals surface area contributed by atoms with Crippen LogP contribution in [0.4, 0.5) is 0 Å². The molecule has 0 aromatic carbocycles. The van der Waals surface area contributed by atoms with Gasteiger partial charge < -0.3 is 15.8 Å². The van der Waals surface area contributed by atoms with Crippen LogP contribution >= 0.6 is 24.8 Å². The smallest absolute Gasteiger partial charge is 0.271 e. The Kier molecular flexibility index (Phi) is 7.66. The predicted octanol–water partition coefficient (Wildman–Crippen LogP) is 1.15. The van der Waals surface area contributed by atoms with E-state index in [-0.39, 0.29) is 30.5 Å². The molecule has 0 bridgehead atoms. The average Bonchev–Trinajstić information content (AvgIpc) is 2.79. The van der Waals surface area contributed by atoms with Gasteiger partial charge in [0.1, 0.15) is 6.61 Å².